The minimum Gasteiger partial charge on any atom is -0.493 e. The fourth-order valence-corrected chi connectivity index (χ4v) is 2.08. The number of rotatable bonds is 5. The first-order chi connectivity index (χ1) is 10.6. The Morgan fingerprint density at radius 3 is 2.36 bits per heavy atom. The molecule has 2 rings (SSSR count). The number of benzene rings is 2. The number of ether oxygens (including phenoxy) is 3. The van der Waals surface area contributed by atoms with Crippen LogP contribution in [-0.2, 0) is 11.3 Å². The topological polar surface area (TPSA) is 56.8 Å². The first-order valence-electron chi connectivity index (χ1n) is 6.56. The maximum atomic E-state index is 11.9. The van der Waals surface area contributed by atoms with E-state index in [1.54, 1.807) is 12.1 Å². The average molecular weight is 319 g/mol. The van der Waals surface area contributed by atoms with Crippen molar-refractivity contribution in [3.8, 4) is 11.5 Å². The van der Waals surface area contributed by atoms with Gasteiger partial charge < -0.3 is 14.2 Å². The van der Waals surface area contributed by atoms with Gasteiger partial charge in [0, 0.05) is 11.0 Å². The number of carbonyl (C=O) groups is 1. The lowest BCUT2D eigenvalue weighted by Crippen LogP contribution is -2.14. The molecule has 2 aromatic carbocycles. The highest BCUT2D eigenvalue weighted by atomic mass is 32.1. The van der Waals surface area contributed by atoms with Crippen molar-refractivity contribution in [2.45, 2.75) is 11.5 Å². The normalized spacial score (nSPS) is 9.95. The molecule has 6 heteroatoms. The number of amides is 1. The molecular formula is C16H17NO4S. The number of anilines is 1. The third-order valence-electron chi connectivity index (χ3n) is 2.95. The molecule has 22 heavy (non-hydrogen) atoms. The molecule has 0 bridgehead atoms. The Kier molecular flexibility index (Phi) is 5.55. The number of methoxy groups -OCH3 is 2. The van der Waals surface area contributed by atoms with Gasteiger partial charge in [0.05, 0.1) is 19.9 Å². The van der Waals surface area contributed by atoms with E-state index in [-0.39, 0.29) is 6.61 Å². The molecule has 0 aliphatic heterocycles. The van der Waals surface area contributed by atoms with Crippen LogP contribution < -0.4 is 14.8 Å². The zero-order valence-electron chi connectivity index (χ0n) is 12.3. The van der Waals surface area contributed by atoms with Crippen LogP contribution in [0.1, 0.15) is 5.56 Å². The number of hydrogen-bond donors (Lipinski definition) is 2. The van der Waals surface area contributed by atoms with Crippen LogP contribution in [0.15, 0.2) is 47.4 Å². The summed E-state index contributed by atoms with van der Waals surface area (Å²) in [7, 11) is 3.06. The molecule has 5 nitrogen and oxygen atoms in total. The van der Waals surface area contributed by atoms with Crippen LogP contribution in [0.2, 0.25) is 0 Å². The van der Waals surface area contributed by atoms with Crippen LogP contribution in [0.25, 0.3) is 0 Å². The molecule has 1 amide bonds. The van der Waals surface area contributed by atoms with Gasteiger partial charge in [0.2, 0.25) is 0 Å². The van der Waals surface area contributed by atoms with E-state index in [1.807, 2.05) is 30.3 Å². The SMILES string of the molecule is COc1cc(S)c(NC(=O)OCc2ccccc2)cc1OC. The highest BCUT2D eigenvalue weighted by molar-refractivity contribution is 7.80. The lowest BCUT2D eigenvalue weighted by molar-refractivity contribution is 0.155. The van der Waals surface area contributed by atoms with E-state index in [4.69, 9.17) is 14.2 Å². The monoisotopic (exact) mass is 319 g/mol. The van der Waals surface area contributed by atoms with Crippen molar-refractivity contribution in [2.24, 2.45) is 0 Å². The first-order valence-corrected chi connectivity index (χ1v) is 7.01. The van der Waals surface area contributed by atoms with Gasteiger partial charge in [-0.2, -0.15) is 0 Å². The number of thiol groups is 1. The second kappa shape index (κ2) is 7.61. The largest absolute Gasteiger partial charge is 0.493 e. The molecule has 0 spiro atoms. The van der Waals surface area contributed by atoms with Gasteiger partial charge in [-0.15, -0.1) is 12.6 Å². The first kappa shape index (κ1) is 16.0. The molecule has 1 N–H and O–H groups in total. The predicted molar refractivity (Wildman–Crippen MR) is 87.0 cm³/mol. The van der Waals surface area contributed by atoms with Crippen molar-refractivity contribution in [1.29, 1.82) is 0 Å². The summed E-state index contributed by atoms with van der Waals surface area (Å²) in [6.07, 6.45) is -0.564. The standard InChI is InChI=1S/C16H17NO4S/c1-19-13-8-12(15(22)9-14(13)20-2)17-16(18)21-10-11-6-4-3-5-7-11/h3-9,22H,10H2,1-2H3,(H,17,18). The van der Waals surface area contributed by atoms with Gasteiger partial charge in [-0.25, -0.2) is 4.79 Å². The lowest BCUT2D eigenvalue weighted by atomic mass is 10.2. The van der Waals surface area contributed by atoms with Crippen molar-refractivity contribution in [1.82, 2.24) is 0 Å². The number of carbonyl (C=O) groups excluding carboxylic acids is 1. The summed E-state index contributed by atoms with van der Waals surface area (Å²) < 4.78 is 15.5. The quantitative estimate of drug-likeness (QED) is 0.824. The molecule has 0 heterocycles. The third-order valence-corrected chi connectivity index (χ3v) is 3.32. The maximum absolute atomic E-state index is 11.9. The highest BCUT2D eigenvalue weighted by Crippen LogP contribution is 2.35. The van der Waals surface area contributed by atoms with Crippen molar-refractivity contribution in [3.63, 3.8) is 0 Å². The molecule has 0 aliphatic carbocycles. The van der Waals surface area contributed by atoms with Crippen LogP contribution in [0, 0.1) is 0 Å². The predicted octanol–water partition coefficient (Wildman–Crippen LogP) is 3.74. The van der Waals surface area contributed by atoms with Crippen molar-refractivity contribution in [2.75, 3.05) is 19.5 Å². The molecule has 0 unspecified atom stereocenters. The van der Waals surface area contributed by atoms with Crippen molar-refractivity contribution >= 4 is 24.4 Å². The van der Waals surface area contributed by atoms with E-state index >= 15 is 0 Å². The van der Waals surface area contributed by atoms with Gasteiger partial charge in [0.15, 0.2) is 11.5 Å². The van der Waals surface area contributed by atoms with E-state index in [9.17, 15) is 4.79 Å². The average Bonchev–Trinajstić information content (AvgIpc) is 2.55. The smallest absolute Gasteiger partial charge is 0.411 e. The molecule has 0 saturated carbocycles. The number of hydrogen-bond acceptors (Lipinski definition) is 5. The minimum atomic E-state index is -0.564. The maximum Gasteiger partial charge on any atom is 0.411 e. The Morgan fingerprint density at radius 2 is 1.73 bits per heavy atom. The summed E-state index contributed by atoms with van der Waals surface area (Å²) in [5.74, 6) is 1.04. The Labute approximate surface area is 134 Å². The fourth-order valence-electron chi connectivity index (χ4n) is 1.84. The second-order valence-corrected chi connectivity index (χ2v) is 4.89. The molecule has 0 fully saturated rings. The zero-order valence-corrected chi connectivity index (χ0v) is 13.2. The summed E-state index contributed by atoms with van der Waals surface area (Å²) in [4.78, 5) is 12.4. The molecule has 0 saturated heterocycles. The molecule has 0 radical (unpaired) electrons. The van der Waals surface area contributed by atoms with Gasteiger partial charge in [-0.05, 0) is 11.6 Å². The van der Waals surface area contributed by atoms with E-state index in [1.165, 1.54) is 14.2 Å². The zero-order chi connectivity index (χ0) is 15.9. The summed E-state index contributed by atoms with van der Waals surface area (Å²) in [5.41, 5.74) is 1.40. The summed E-state index contributed by atoms with van der Waals surface area (Å²) in [6.45, 7) is 0.196. The molecular weight excluding hydrogens is 302 g/mol. The minimum absolute atomic E-state index is 0.196. The van der Waals surface area contributed by atoms with E-state index < -0.39 is 6.09 Å². The molecule has 0 atom stereocenters. The Balaban J connectivity index is 2.02. The van der Waals surface area contributed by atoms with E-state index in [2.05, 4.69) is 17.9 Å². The third kappa shape index (κ3) is 4.08. The highest BCUT2D eigenvalue weighted by Gasteiger charge is 2.12. The van der Waals surface area contributed by atoms with Crippen LogP contribution >= 0.6 is 12.6 Å². The van der Waals surface area contributed by atoms with Gasteiger partial charge in [0.25, 0.3) is 0 Å². The molecule has 0 aromatic heterocycles. The fraction of sp³-hybridized carbons (Fsp3) is 0.188. The summed E-state index contributed by atoms with van der Waals surface area (Å²) in [6, 6.07) is 12.7. The summed E-state index contributed by atoms with van der Waals surface area (Å²) >= 11 is 4.31. The van der Waals surface area contributed by atoms with Gasteiger partial charge in [-0.1, -0.05) is 30.3 Å². The van der Waals surface area contributed by atoms with E-state index in [0.717, 1.165) is 5.56 Å². The Morgan fingerprint density at radius 1 is 1.09 bits per heavy atom. The van der Waals surface area contributed by atoms with Gasteiger partial charge in [0.1, 0.15) is 6.61 Å². The molecule has 116 valence electrons. The Bertz CT molecular complexity index is 646. The summed E-state index contributed by atoms with van der Waals surface area (Å²) in [5, 5.41) is 2.63. The van der Waals surface area contributed by atoms with Crippen molar-refractivity contribution < 1.29 is 19.0 Å². The van der Waals surface area contributed by atoms with Gasteiger partial charge >= 0.3 is 6.09 Å². The van der Waals surface area contributed by atoms with Crippen LogP contribution in [-0.4, -0.2) is 20.3 Å². The van der Waals surface area contributed by atoms with Crippen LogP contribution in [0.5, 0.6) is 11.5 Å². The Hall–Kier alpha value is -2.34. The second-order valence-electron chi connectivity index (χ2n) is 4.41. The van der Waals surface area contributed by atoms with Crippen LogP contribution in [0.4, 0.5) is 10.5 Å². The molecule has 0 aliphatic rings. The molecule has 2 aromatic rings. The lowest BCUT2D eigenvalue weighted by Gasteiger charge is -2.13. The van der Waals surface area contributed by atoms with Crippen LogP contribution in [0.3, 0.4) is 0 Å². The number of nitrogens with one attached hydrogen (secondary N) is 1. The van der Waals surface area contributed by atoms with Gasteiger partial charge in [-0.3, -0.25) is 5.32 Å². The van der Waals surface area contributed by atoms with E-state index in [0.29, 0.717) is 22.1 Å². The van der Waals surface area contributed by atoms with Crippen molar-refractivity contribution in [3.05, 3.63) is 48.0 Å².